The van der Waals surface area contributed by atoms with Crippen LogP contribution in [0.15, 0.2) is 0 Å². The molecule has 5 nitrogen and oxygen atoms in total. The highest BCUT2D eigenvalue weighted by molar-refractivity contribution is 5.89. The van der Waals surface area contributed by atoms with Gasteiger partial charge in [-0.2, -0.15) is 0 Å². The van der Waals surface area contributed by atoms with Gasteiger partial charge in [0.1, 0.15) is 0 Å². The molecule has 1 saturated heterocycles. The van der Waals surface area contributed by atoms with E-state index < -0.39 is 18.1 Å². The van der Waals surface area contributed by atoms with Crippen LogP contribution in [0.2, 0.25) is 0 Å². The Balaban J connectivity index is 2.52. The molecule has 2 N–H and O–H groups in total. The first kappa shape index (κ1) is 8.99. The van der Waals surface area contributed by atoms with Crippen molar-refractivity contribution in [3.8, 4) is 0 Å². The summed E-state index contributed by atoms with van der Waals surface area (Å²) in [5, 5.41) is 11.5. The number of rotatable bonds is 2. The van der Waals surface area contributed by atoms with Gasteiger partial charge in [-0.05, 0) is 6.92 Å². The van der Waals surface area contributed by atoms with E-state index in [-0.39, 0.29) is 18.9 Å². The van der Waals surface area contributed by atoms with Crippen LogP contribution in [-0.2, 0) is 14.3 Å². The van der Waals surface area contributed by atoms with E-state index >= 15 is 0 Å². The summed E-state index contributed by atoms with van der Waals surface area (Å²) in [7, 11) is 0. The first-order valence-electron chi connectivity index (χ1n) is 3.79. The molecule has 12 heavy (non-hydrogen) atoms. The number of ether oxygens (including phenoxy) is 1. The molecule has 1 aliphatic rings. The summed E-state index contributed by atoms with van der Waals surface area (Å²) in [6.07, 6.45) is -0.972. The Labute approximate surface area is 69.7 Å². The normalized spacial score (nSPS) is 28.3. The van der Waals surface area contributed by atoms with E-state index in [4.69, 9.17) is 0 Å². The molecule has 0 aromatic heterocycles. The van der Waals surface area contributed by atoms with Gasteiger partial charge in [0.2, 0.25) is 5.91 Å². The minimum Gasteiger partial charge on any atom is -0.464 e. The number of carbonyl (C=O) groups excluding carboxylic acids is 2. The lowest BCUT2D eigenvalue weighted by molar-refractivity contribution is -0.147. The highest BCUT2D eigenvalue weighted by Crippen LogP contribution is 2.09. The van der Waals surface area contributed by atoms with E-state index in [1.165, 1.54) is 0 Å². The minimum absolute atomic E-state index is 0.0243. The summed E-state index contributed by atoms with van der Waals surface area (Å²) in [5.41, 5.74) is 0. The van der Waals surface area contributed by atoms with Crippen molar-refractivity contribution in [2.75, 3.05) is 6.61 Å². The molecule has 0 aliphatic carbocycles. The third kappa shape index (κ3) is 1.73. The number of esters is 1. The lowest BCUT2D eigenvalue weighted by Gasteiger charge is -2.11. The van der Waals surface area contributed by atoms with Crippen LogP contribution in [-0.4, -0.2) is 35.7 Å². The number of aliphatic hydroxyl groups excluding tert-OH is 1. The molecular formula is C7H11NO4. The van der Waals surface area contributed by atoms with E-state index in [1.807, 2.05) is 0 Å². The lowest BCUT2D eigenvalue weighted by atomic mass is 10.2. The second-order valence-electron chi connectivity index (χ2n) is 2.57. The average molecular weight is 173 g/mol. The highest BCUT2D eigenvalue weighted by Gasteiger charge is 2.36. The summed E-state index contributed by atoms with van der Waals surface area (Å²) in [6, 6.07) is -0.877. The van der Waals surface area contributed by atoms with Crippen molar-refractivity contribution in [2.45, 2.75) is 25.5 Å². The van der Waals surface area contributed by atoms with Gasteiger partial charge in [-0.3, -0.25) is 4.79 Å². The molecule has 1 fully saturated rings. The molecular weight excluding hydrogens is 162 g/mol. The maximum atomic E-state index is 11.0. The molecule has 68 valence electrons. The first-order chi connectivity index (χ1) is 5.65. The lowest BCUT2D eigenvalue weighted by Crippen LogP contribution is -2.40. The molecule has 0 bridgehead atoms. The Bertz CT molecular complexity index is 204. The van der Waals surface area contributed by atoms with Crippen LogP contribution in [0.5, 0.6) is 0 Å². The number of nitrogens with one attached hydrogen (secondary N) is 1. The predicted octanol–water partition coefficient (Wildman–Crippen LogP) is -1.20. The second kappa shape index (κ2) is 3.53. The van der Waals surface area contributed by atoms with Gasteiger partial charge in [-0.1, -0.05) is 0 Å². The van der Waals surface area contributed by atoms with Crippen molar-refractivity contribution in [3.05, 3.63) is 0 Å². The fourth-order valence-corrected chi connectivity index (χ4v) is 1.08. The van der Waals surface area contributed by atoms with Crippen LogP contribution in [0, 0.1) is 0 Å². The molecule has 0 aromatic rings. The van der Waals surface area contributed by atoms with E-state index in [0.29, 0.717) is 0 Å². The number of amides is 1. The molecule has 1 heterocycles. The first-order valence-corrected chi connectivity index (χ1v) is 3.79. The van der Waals surface area contributed by atoms with Crippen LogP contribution in [0.25, 0.3) is 0 Å². The van der Waals surface area contributed by atoms with Crippen LogP contribution in [0.3, 0.4) is 0 Å². The molecule has 0 aromatic carbocycles. The molecule has 0 spiro atoms. The monoisotopic (exact) mass is 173 g/mol. The van der Waals surface area contributed by atoms with Gasteiger partial charge in [0.05, 0.1) is 19.1 Å². The Morgan fingerprint density at radius 1 is 1.83 bits per heavy atom. The van der Waals surface area contributed by atoms with Gasteiger partial charge in [0.25, 0.3) is 0 Å². The Hall–Kier alpha value is -1.10. The molecule has 2 unspecified atom stereocenters. The quantitative estimate of drug-likeness (QED) is 0.514. The predicted molar refractivity (Wildman–Crippen MR) is 39.2 cm³/mol. The summed E-state index contributed by atoms with van der Waals surface area (Å²) >= 11 is 0. The van der Waals surface area contributed by atoms with E-state index in [2.05, 4.69) is 10.1 Å². The second-order valence-corrected chi connectivity index (χ2v) is 2.57. The van der Waals surface area contributed by atoms with Gasteiger partial charge >= 0.3 is 5.97 Å². The zero-order chi connectivity index (χ0) is 9.14. The number of carbonyl (C=O) groups is 2. The van der Waals surface area contributed by atoms with Crippen molar-refractivity contribution in [1.29, 1.82) is 0 Å². The standard InChI is InChI=1S/C7H11NO4/c1-2-12-7(11)6-4(9)3-5(10)8-6/h4,6,9H,2-3H2,1H3,(H,8,10). The van der Waals surface area contributed by atoms with Gasteiger partial charge in [0, 0.05) is 0 Å². The van der Waals surface area contributed by atoms with Gasteiger partial charge in [-0.25, -0.2) is 4.79 Å². The third-order valence-electron chi connectivity index (χ3n) is 1.64. The number of hydrogen-bond donors (Lipinski definition) is 2. The fourth-order valence-electron chi connectivity index (χ4n) is 1.08. The zero-order valence-electron chi connectivity index (χ0n) is 6.74. The zero-order valence-corrected chi connectivity index (χ0v) is 6.74. The van der Waals surface area contributed by atoms with Gasteiger partial charge < -0.3 is 15.2 Å². The van der Waals surface area contributed by atoms with Crippen molar-refractivity contribution in [2.24, 2.45) is 0 Å². The molecule has 2 atom stereocenters. The molecule has 1 aliphatic heterocycles. The van der Waals surface area contributed by atoms with Crippen LogP contribution < -0.4 is 5.32 Å². The Kier molecular flexibility index (Phi) is 2.65. The Morgan fingerprint density at radius 2 is 2.50 bits per heavy atom. The summed E-state index contributed by atoms with van der Waals surface area (Å²) in [6.45, 7) is 1.92. The van der Waals surface area contributed by atoms with E-state index in [1.54, 1.807) is 6.92 Å². The van der Waals surface area contributed by atoms with Crippen LogP contribution >= 0.6 is 0 Å². The largest absolute Gasteiger partial charge is 0.464 e. The summed E-state index contributed by atoms with van der Waals surface area (Å²) in [4.78, 5) is 21.7. The molecule has 1 rings (SSSR count). The van der Waals surface area contributed by atoms with Gasteiger partial charge in [-0.15, -0.1) is 0 Å². The topological polar surface area (TPSA) is 75.6 Å². The molecule has 1 amide bonds. The van der Waals surface area contributed by atoms with E-state index in [0.717, 1.165) is 0 Å². The third-order valence-corrected chi connectivity index (χ3v) is 1.64. The Morgan fingerprint density at radius 3 is 2.92 bits per heavy atom. The summed E-state index contributed by atoms with van der Waals surface area (Å²) < 4.78 is 4.63. The van der Waals surface area contributed by atoms with Crippen molar-refractivity contribution in [1.82, 2.24) is 5.32 Å². The number of hydrogen-bond acceptors (Lipinski definition) is 4. The fraction of sp³-hybridized carbons (Fsp3) is 0.714. The smallest absolute Gasteiger partial charge is 0.331 e. The maximum absolute atomic E-state index is 11.0. The average Bonchev–Trinajstić information content (AvgIpc) is 2.30. The molecule has 5 heteroatoms. The van der Waals surface area contributed by atoms with Gasteiger partial charge in [0.15, 0.2) is 6.04 Å². The molecule has 0 saturated carbocycles. The van der Waals surface area contributed by atoms with Crippen molar-refractivity contribution < 1.29 is 19.4 Å². The van der Waals surface area contributed by atoms with E-state index in [9.17, 15) is 14.7 Å². The maximum Gasteiger partial charge on any atom is 0.331 e. The molecule has 0 radical (unpaired) electrons. The van der Waals surface area contributed by atoms with Crippen LogP contribution in [0.1, 0.15) is 13.3 Å². The van der Waals surface area contributed by atoms with Crippen molar-refractivity contribution in [3.63, 3.8) is 0 Å². The minimum atomic E-state index is -0.948. The summed E-state index contributed by atoms with van der Waals surface area (Å²) in [5.74, 6) is -0.892. The SMILES string of the molecule is CCOC(=O)C1NC(=O)CC1O. The highest BCUT2D eigenvalue weighted by atomic mass is 16.5. The van der Waals surface area contributed by atoms with Crippen molar-refractivity contribution >= 4 is 11.9 Å². The number of aliphatic hydroxyl groups is 1. The van der Waals surface area contributed by atoms with Crippen LogP contribution in [0.4, 0.5) is 0 Å².